The Hall–Kier alpha value is -1.55. The maximum Gasteiger partial charge on any atom is 0.223 e. The van der Waals surface area contributed by atoms with Crippen molar-refractivity contribution in [2.24, 2.45) is 11.8 Å². The van der Waals surface area contributed by atoms with Crippen LogP contribution in [0.5, 0.6) is 5.75 Å². The third-order valence-electron chi connectivity index (χ3n) is 4.21. The Morgan fingerprint density at radius 2 is 1.91 bits per heavy atom. The molecule has 0 aliphatic carbocycles. The van der Waals surface area contributed by atoms with Crippen molar-refractivity contribution in [3.05, 3.63) is 29.8 Å². The summed E-state index contributed by atoms with van der Waals surface area (Å²) in [6.45, 7) is 8.30. The molecular weight excluding hydrogens is 276 g/mol. The Bertz CT molecular complexity index is 462. The molecule has 1 amide bonds. The van der Waals surface area contributed by atoms with E-state index in [1.165, 1.54) is 0 Å². The van der Waals surface area contributed by atoms with Gasteiger partial charge in [0.25, 0.3) is 0 Å². The first-order chi connectivity index (χ1) is 10.6. The highest BCUT2D eigenvalue weighted by molar-refractivity contribution is 5.78. The summed E-state index contributed by atoms with van der Waals surface area (Å²) >= 11 is 0. The minimum Gasteiger partial charge on any atom is -0.497 e. The van der Waals surface area contributed by atoms with Gasteiger partial charge in [-0.05, 0) is 49.5 Å². The summed E-state index contributed by atoms with van der Waals surface area (Å²) in [5.74, 6) is 1.90. The van der Waals surface area contributed by atoms with Crippen molar-refractivity contribution in [2.45, 2.75) is 33.2 Å². The molecule has 122 valence electrons. The molecule has 1 saturated heterocycles. The second-order valence-corrected chi connectivity index (χ2v) is 6.53. The molecule has 1 aliphatic heterocycles. The van der Waals surface area contributed by atoms with Crippen LogP contribution in [0.2, 0.25) is 0 Å². The van der Waals surface area contributed by atoms with Crippen LogP contribution in [0.15, 0.2) is 24.3 Å². The average Bonchev–Trinajstić information content (AvgIpc) is 2.53. The van der Waals surface area contributed by atoms with Crippen LogP contribution < -0.4 is 10.1 Å². The number of nitrogens with zero attached hydrogens (tertiary/aromatic N) is 1. The highest BCUT2D eigenvalue weighted by Crippen LogP contribution is 2.18. The Morgan fingerprint density at radius 3 is 2.45 bits per heavy atom. The topological polar surface area (TPSA) is 41.6 Å². The second-order valence-electron chi connectivity index (χ2n) is 6.53. The fourth-order valence-corrected chi connectivity index (χ4v) is 2.97. The number of ether oxygens (including phenoxy) is 1. The van der Waals surface area contributed by atoms with E-state index in [0.717, 1.165) is 43.8 Å². The Balaban J connectivity index is 1.73. The van der Waals surface area contributed by atoms with Crippen molar-refractivity contribution in [1.82, 2.24) is 10.2 Å². The summed E-state index contributed by atoms with van der Waals surface area (Å²) in [7, 11) is 1.66. The molecule has 0 radical (unpaired) electrons. The van der Waals surface area contributed by atoms with Crippen molar-refractivity contribution in [3.8, 4) is 5.75 Å². The number of carbonyl (C=O) groups is 1. The van der Waals surface area contributed by atoms with Gasteiger partial charge in [-0.3, -0.25) is 4.79 Å². The van der Waals surface area contributed by atoms with Crippen LogP contribution in [0.1, 0.15) is 32.3 Å². The molecule has 0 atom stereocenters. The molecule has 1 N–H and O–H groups in total. The number of rotatable bonds is 6. The number of hydrogen-bond donors (Lipinski definition) is 1. The number of nitrogens with one attached hydrogen (secondary N) is 1. The minimum atomic E-state index is 0.168. The molecule has 0 bridgehead atoms. The van der Waals surface area contributed by atoms with Gasteiger partial charge in [0, 0.05) is 19.0 Å². The molecule has 2 rings (SSSR count). The molecule has 1 aliphatic rings. The lowest BCUT2D eigenvalue weighted by Gasteiger charge is -2.32. The van der Waals surface area contributed by atoms with Gasteiger partial charge in [-0.25, -0.2) is 0 Å². The van der Waals surface area contributed by atoms with Crippen molar-refractivity contribution >= 4 is 5.91 Å². The van der Waals surface area contributed by atoms with Crippen molar-refractivity contribution < 1.29 is 9.53 Å². The fourth-order valence-electron chi connectivity index (χ4n) is 2.97. The first kappa shape index (κ1) is 16.8. The standard InChI is InChI=1S/C18H28N2O2/c1-14(2)13-20-10-8-16(9-11-20)18(21)19-12-15-4-6-17(22-3)7-5-15/h4-7,14,16H,8-13H2,1-3H3,(H,19,21). The van der Waals surface area contributed by atoms with Gasteiger partial charge in [0.05, 0.1) is 7.11 Å². The smallest absolute Gasteiger partial charge is 0.223 e. The average molecular weight is 304 g/mol. The van der Waals surface area contributed by atoms with Gasteiger partial charge in [0.2, 0.25) is 5.91 Å². The maximum absolute atomic E-state index is 12.3. The van der Waals surface area contributed by atoms with Crippen LogP contribution in [0.3, 0.4) is 0 Å². The summed E-state index contributed by atoms with van der Waals surface area (Å²) < 4.78 is 5.14. The zero-order valence-corrected chi connectivity index (χ0v) is 14.0. The summed E-state index contributed by atoms with van der Waals surface area (Å²) in [5, 5.41) is 3.06. The van der Waals surface area contributed by atoms with E-state index in [1.54, 1.807) is 7.11 Å². The zero-order chi connectivity index (χ0) is 15.9. The highest BCUT2D eigenvalue weighted by atomic mass is 16.5. The SMILES string of the molecule is COc1ccc(CNC(=O)C2CCN(CC(C)C)CC2)cc1. The molecule has 1 heterocycles. The molecule has 22 heavy (non-hydrogen) atoms. The molecule has 1 fully saturated rings. The summed E-state index contributed by atoms with van der Waals surface area (Å²) in [6.07, 6.45) is 1.95. The summed E-state index contributed by atoms with van der Waals surface area (Å²) in [6, 6.07) is 7.83. The van der Waals surface area contributed by atoms with E-state index < -0.39 is 0 Å². The normalized spacial score (nSPS) is 16.7. The molecule has 4 nitrogen and oxygen atoms in total. The van der Waals surface area contributed by atoms with E-state index in [9.17, 15) is 4.79 Å². The van der Waals surface area contributed by atoms with Gasteiger partial charge in [-0.2, -0.15) is 0 Å². The van der Waals surface area contributed by atoms with Gasteiger partial charge >= 0.3 is 0 Å². The summed E-state index contributed by atoms with van der Waals surface area (Å²) in [5.41, 5.74) is 1.10. The first-order valence-corrected chi connectivity index (χ1v) is 8.21. The zero-order valence-electron chi connectivity index (χ0n) is 14.0. The van der Waals surface area contributed by atoms with Gasteiger partial charge in [-0.1, -0.05) is 26.0 Å². The lowest BCUT2D eigenvalue weighted by atomic mass is 9.95. The summed E-state index contributed by atoms with van der Waals surface area (Å²) in [4.78, 5) is 14.7. The van der Waals surface area contributed by atoms with Gasteiger partial charge < -0.3 is 15.0 Å². The van der Waals surface area contributed by atoms with Gasteiger partial charge in [0.15, 0.2) is 0 Å². The van der Waals surface area contributed by atoms with Crippen LogP contribution in [-0.4, -0.2) is 37.6 Å². The van der Waals surface area contributed by atoms with Crippen LogP contribution in [0.4, 0.5) is 0 Å². The van der Waals surface area contributed by atoms with E-state index >= 15 is 0 Å². The van der Waals surface area contributed by atoms with E-state index in [-0.39, 0.29) is 11.8 Å². The predicted octanol–water partition coefficient (Wildman–Crippen LogP) is 2.68. The van der Waals surface area contributed by atoms with Gasteiger partial charge in [0.1, 0.15) is 5.75 Å². The number of hydrogen-bond acceptors (Lipinski definition) is 3. The quantitative estimate of drug-likeness (QED) is 0.878. The third kappa shape index (κ3) is 5.02. The number of methoxy groups -OCH3 is 1. The lowest BCUT2D eigenvalue weighted by molar-refractivity contribution is -0.126. The number of piperidine rings is 1. The second kappa shape index (κ2) is 8.18. The molecular formula is C18H28N2O2. The molecule has 4 heteroatoms. The minimum absolute atomic E-state index is 0.168. The molecule has 1 aromatic carbocycles. The fraction of sp³-hybridized carbons (Fsp3) is 0.611. The van der Waals surface area contributed by atoms with Crippen LogP contribution in [-0.2, 0) is 11.3 Å². The Kier molecular flexibility index (Phi) is 6.25. The molecule has 0 aromatic heterocycles. The molecule has 0 spiro atoms. The largest absolute Gasteiger partial charge is 0.497 e. The lowest BCUT2D eigenvalue weighted by Crippen LogP contribution is -2.41. The molecule has 1 aromatic rings. The molecule has 0 saturated carbocycles. The van der Waals surface area contributed by atoms with Crippen LogP contribution in [0, 0.1) is 11.8 Å². The Labute approximate surface area is 133 Å². The maximum atomic E-state index is 12.3. The van der Waals surface area contributed by atoms with E-state index in [2.05, 4.69) is 24.1 Å². The highest BCUT2D eigenvalue weighted by Gasteiger charge is 2.24. The number of amides is 1. The third-order valence-corrected chi connectivity index (χ3v) is 4.21. The van der Waals surface area contributed by atoms with Gasteiger partial charge in [-0.15, -0.1) is 0 Å². The first-order valence-electron chi connectivity index (χ1n) is 8.21. The van der Waals surface area contributed by atoms with E-state index in [0.29, 0.717) is 12.5 Å². The van der Waals surface area contributed by atoms with Crippen LogP contribution >= 0.6 is 0 Å². The van der Waals surface area contributed by atoms with Crippen molar-refractivity contribution in [3.63, 3.8) is 0 Å². The number of likely N-dealkylation sites (tertiary alicyclic amines) is 1. The van der Waals surface area contributed by atoms with E-state index in [1.807, 2.05) is 24.3 Å². The monoisotopic (exact) mass is 304 g/mol. The predicted molar refractivity (Wildman–Crippen MR) is 88.8 cm³/mol. The molecule has 0 unspecified atom stereocenters. The number of benzene rings is 1. The van der Waals surface area contributed by atoms with Crippen molar-refractivity contribution in [2.75, 3.05) is 26.7 Å². The van der Waals surface area contributed by atoms with Crippen molar-refractivity contribution in [1.29, 1.82) is 0 Å². The Morgan fingerprint density at radius 1 is 1.27 bits per heavy atom. The number of carbonyl (C=O) groups excluding carboxylic acids is 1. The van der Waals surface area contributed by atoms with Crippen LogP contribution in [0.25, 0.3) is 0 Å². The van der Waals surface area contributed by atoms with E-state index in [4.69, 9.17) is 4.74 Å².